The molecule has 23 heavy (non-hydrogen) atoms. The highest BCUT2D eigenvalue weighted by atomic mass is 35.5. The van der Waals surface area contributed by atoms with Crippen molar-refractivity contribution >= 4 is 41.6 Å². The molecule has 0 saturated carbocycles. The summed E-state index contributed by atoms with van der Waals surface area (Å²) in [5.41, 5.74) is 6.99. The second-order valence-corrected chi connectivity index (χ2v) is 6.23. The summed E-state index contributed by atoms with van der Waals surface area (Å²) < 4.78 is 0. The molecule has 0 saturated heterocycles. The van der Waals surface area contributed by atoms with E-state index in [2.05, 4.69) is 24.1 Å². The van der Waals surface area contributed by atoms with Crippen molar-refractivity contribution in [1.29, 1.82) is 0 Å². The Morgan fingerprint density at radius 3 is 2.61 bits per heavy atom. The molecule has 0 aliphatic rings. The van der Waals surface area contributed by atoms with Crippen molar-refractivity contribution in [3.63, 3.8) is 0 Å². The number of nitrogens with zero attached hydrogens (tertiary/aromatic N) is 1. The minimum absolute atomic E-state index is 0. The summed E-state index contributed by atoms with van der Waals surface area (Å²) in [6.45, 7) is 6.67. The molecule has 0 radical (unpaired) electrons. The first-order valence-corrected chi connectivity index (χ1v) is 7.31. The minimum atomic E-state index is -0.380. The van der Waals surface area contributed by atoms with Crippen molar-refractivity contribution in [1.82, 2.24) is 10.3 Å². The van der Waals surface area contributed by atoms with Gasteiger partial charge in [0, 0.05) is 29.2 Å². The highest BCUT2D eigenvalue weighted by Crippen LogP contribution is 2.18. The summed E-state index contributed by atoms with van der Waals surface area (Å²) >= 11 is 0. The third-order valence-electron chi connectivity index (χ3n) is 3.59. The van der Waals surface area contributed by atoms with Gasteiger partial charge in [0.05, 0.1) is 5.52 Å². The number of nitrogens with two attached hydrogens (primary N) is 1. The maximum atomic E-state index is 12.5. The Balaban J connectivity index is 0.00000242. The minimum Gasteiger partial charge on any atom is -0.346 e. The van der Waals surface area contributed by atoms with Crippen LogP contribution >= 0.6 is 24.8 Å². The van der Waals surface area contributed by atoms with E-state index in [9.17, 15) is 4.79 Å². The van der Waals surface area contributed by atoms with Crippen LogP contribution in [0, 0.1) is 5.92 Å². The first kappa shape index (κ1) is 21.6. The summed E-state index contributed by atoms with van der Waals surface area (Å²) in [7, 11) is 0. The molecule has 1 aromatic heterocycles. The fourth-order valence-corrected chi connectivity index (χ4v) is 2.65. The Hall–Kier alpha value is -1.36. The van der Waals surface area contributed by atoms with E-state index in [1.54, 1.807) is 12.3 Å². The molecule has 2 rings (SSSR count). The lowest BCUT2D eigenvalue weighted by atomic mass is 9.90. The third kappa shape index (κ3) is 5.65. The van der Waals surface area contributed by atoms with Gasteiger partial charge in [-0.3, -0.25) is 9.78 Å². The lowest BCUT2D eigenvalue weighted by Crippen LogP contribution is -2.52. The number of carbonyl (C=O) groups is 1. The zero-order valence-electron chi connectivity index (χ0n) is 13.7. The zero-order chi connectivity index (χ0) is 15.5. The molecular formula is C17H25Cl2N3O. The van der Waals surface area contributed by atoms with Crippen molar-refractivity contribution in [2.24, 2.45) is 11.7 Å². The Kier molecular flexibility index (Phi) is 8.53. The normalized spacial score (nSPS) is 12.9. The number of rotatable bonds is 5. The van der Waals surface area contributed by atoms with Crippen LogP contribution in [0.15, 0.2) is 36.5 Å². The fraction of sp³-hybridized carbons (Fsp3) is 0.412. The third-order valence-corrected chi connectivity index (χ3v) is 3.59. The van der Waals surface area contributed by atoms with Crippen LogP contribution in [-0.2, 0) is 0 Å². The van der Waals surface area contributed by atoms with Gasteiger partial charge in [-0.1, -0.05) is 19.9 Å². The highest BCUT2D eigenvalue weighted by Gasteiger charge is 2.26. The maximum Gasteiger partial charge on any atom is 0.251 e. The number of pyridine rings is 1. The van der Waals surface area contributed by atoms with Crippen LogP contribution in [0.5, 0.6) is 0 Å². The van der Waals surface area contributed by atoms with Crippen LogP contribution in [0.25, 0.3) is 10.9 Å². The molecule has 2 aromatic rings. The van der Waals surface area contributed by atoms with Crippen molar-refractivity contribution in [2.45, 2.75) is 32.7 Å². The standard InChI is InChI=1S/C17H23N3O.2ClH/c1-12(2)10-17(3,11-18)20-16(21)14-6-7-15-13(9-14)5-4-8-19-15;;/h4-9,12H,10-11,18H2,1-3H3,(H,20,21);2*1H. The number of nitrogens with one attached hydrogen (secondary N) is 1. The highest BCUT2D eigenvalue weighted by molar-refractivity contribution is 5.98. The first-order chi connectivity index (χ1) is 9.93. The zero-order valence-corrected chi connectivity index (χ0v) is 15.3. The Morgan fingerprint density at radius 1 is 1.30 bits per heavy atom. The maximum absolute atomic E-state index is 12.5. The van der Waals surface area contributed by atoms with Crippen LogP contribution in [0.1, 0.15) is 37.6 Å². The topological polar surface area (TPSA) is 68.0 Å². The Labute approximate surface area is 150 Å². The molecule has 0 spiro atoms. The smallest absolute Gasteiger partial charge is 0.251 e. The number of fused-ring (bicyclic) bond motifs is 1. The predicted octanol–water partition coefficient (Wildman–Crippen LogP) is 3.57. The number of aromatic nitrogens is 1. The molecule has 128 valence electrons. The second-order valence-electron chi connectivity index (χ2n) is 6.23. The van der Waals surface area contributed by atoms with Gasteiger partial charge in [-0.2, -0.15) is 0 Å². The van der Waals surface area contributed by atoms with Crippen molar-refractivity contribution < 1.29 is 4.79 Å². The SMILES string of the molecule is CC(C)CC(C)(CN)NC(=O)c1ccc2ncccc2c1.Cl.Cl. The largest absolute Gasteiger partial charge is 0.346 e. The fourth-order valence-electron chi connectivity index (χ4n) is 2.65. The molecule has 0 aliphatic carbocycles. The first-order valence-electron chi connectivity index (χ1n) is 7.31. The summed E-state index contributed by atoms with van der Waals surface area (Å²) in [5.74, 6) is 0.383. The van der Waals surface area contributed by atoms with Gasteiger partial charge in [-0.05, 0) is 43.5 Å². The predicted molar refractivity (Wildman–Crippen MR) is 101 cm³/mol. The van der Waals surface area contributed by atoms with E-state index in [0.29, 0.717) is 18.0 Å². The van der Waals surface area contributed by atoms with Gasteiger partial charge in [0.15, 0.2) is 0 Å². The van der Waals surface area contributed by atoms with E-state index < -0.39 is 0 Å². The van der Waals surface area contributed by atoms with Gasteiger partial charge < -0.3 is 11.1 Å². The molecule has 1 unspecified atom stereocenters. The summed E-state index contributed by atoms with van der Waals surface area (Å²) in [6.07, 6.45) is 2.60. The van der Waals surface area contributed by atoms with E-state index in [-0.39, 0.29) is 36.3 Å². The summed E-state index contributed by atoms with van der Waals surface area (Å²) in [6, 6.07) is 9.36. The molecule has 1 heterocycles. The molecule has 3 N–H and O–H groups in total. The summed E-state index contributed by atoms with van der Waals surface area (Å²) in [5, 5.41) is 4.03. The van der Waals surface area contributed by atoms with Crippen LogP contribution < -0.4 is 11.1 Å². The molecule has 1 atom stereocenters. The number of amides is 1. The van der Waals surface area contributed by atoms with Gasteiger partial charge in [0.2, 0.25) is 0 Å². The van der Waals surface area contributed by atoms with E-state index >= 15 is 0 Å². The average molecular weight is 358 g/mol. The molecule has 0 bridgehead atoms. The van der Waals surface area contributed by atoms with E-state index in [4.69, 9.17) is 5.73 Å². The molecule has 0 aliphatic heterocycles. The van der Waals surface area contributed by atoms with Gasteiger partial charge >= 0.3 is 0 Å². The quantitative estimate of drug-likeness (QED) is 0.859. The number of halogens is 2. The van der Waals surface area contributed by atoms with Crippen molar-refractivity contribution in [2.75, 3.05) is 6.54 Å². The Morgan fingerprint density at radius 2 is 2.00 bits per heavy atom. The number of hydrogen-bond acceptors (Lipinski definition) is 3. The summed E-state index contributed by atoms with van der Waals surface area (Å²) in [4.78, 5) is 16.7. The molecule has 1 amide bonds. The molecule has 6 heteroatoms. The Bertz CT molecular complexity index is 649. The van der Waals surface area contributed by atoms with Gasteiger partial charge in [0.1, 0.15) is 0 Å². The number of hydrogen-bond donors (Lipinski definition) is 2. The van der Waals surface area contributed by atoms with Gasteiger partial charge in [-0.15, -0.1) is 24.8 Å². The van der Waals surface area contributed by atoms with E-state index in [0.717, 1.165) is 17.3 Å². The lowest BCUT2D eigenvalue weighted by Gasteiger charge is -2.31. The monoisotopic (exact) mass is 357 g/mol. The van der Waals surface area contributed by atoms with Crippen molar-refractivity contribution in [3.8, 4) is 0 Å². The van der Waals surface area contributed by atoms with Gasteiger partial charge in [0.25, 0.3) is 5.91 Å². The van der Waals surface area contributed by atoms with E-state index in [1.165, 1.54) is 0 Å². The van der Waals surface area contributed by atoms with Crippen LogP contribution in [0.2, 0.25) is 0 Å². The second kappa shape index (κ2) is 9.06. The molecule has 4 nitrogen and oxygen atoms in total. The molecule has 1 aromatic carbocycles. The number of benzene rings is 1. The van der Waals surface area contributed by atoms with Crippen molar-refractivity contribution in [3.05, 3.63) is 42.1 Å². The lowest BCUT2D eigenvalue weighted by molar-refractivity contribution is 0.0898. The molecular weight excluding hydrogens is 333 g/mol. The van der Waals surface area contributed by atoms with Crippen LogP contribution in [0.4, 0.5) is 0 Å². The average Bonchev–Trinajstić information content (AvgIpc) is 2.45. The van der Waals surface area contributed by atoms with Crippen LogP contribution in [0.3, 0.4) is 0 Å². The van der Waals surface area contributed by atoms with Gasteiger partial charge in [-0.25, -0.2) is 0 Å². The van der Waals surface area contributed by atoms with Crippen LogP contribution in [-0.4, -0.2) is 23.0 Å². The number of carbonyl (C=O) groups excluding carboxylic acids is 1. The molecule has 0 fully saturated rings. The van der Waals surface area contributed by atoms with E-state index in [1.807, 2.05) is 31.2 Å².